The van der Waals surface area contributed by atoms with Gasteiger partial charge < -0.3 is 15.3 Å². The van der Waals surface area contributed by atoms with Crippen LogP contribution in [-0.4, -0.2) is 29.4 Å². The van der Waals surface area contributed by atoms with Crippen molar-refractivity contribution in [1.82, 2.24) is 0 Å². The standard InChI is InChI=1S/C19H20N2O4/c1-12-4-9-17(10-13(12)2)21(14(3)22)11-18(23)20-16-7-5-15(6-8-16)19(24)25/h4-10H,11H2,1-3H3,(H,20,23)(H,24,25). The first kappa shape index (κ1) is 18.2. The maximum Gasteiger partial charge on any atom is 0.335 e. The van der Waals surface area contributed by atoms with Crippen LogP contribution >= 0.6 is 0 Å². The maximum atomic E-state index is 12.2. The van der Waals surface area contributed by atoms with E-state index in [4.69, 9.17) is 5.11 Å². The lowest BCUT2D eigenvalue weighted by atomic mass is 10.1. The van der Waals surface area contributed by atoms with Gasteiger partial charge in [-0.15, -0.1) is 0 Å². The van der Waals surface area contributed by atoms with E-state index in [0.717, 1.165) is 11.1 Å². The Bertz CT molecular complexity index is 813. The molecule has 6 heteroatoms. The lowest BCUT2D eigenvalue weighted by molar-refractivity contribution is -0.120. The van der Waals surface area contributed by atoms with Crippen molar-refractivity contribution < 1.29 is 19.5 Å². The molecule has 130 valence electrons. The molecule has 25 heavy (non-hydrogen) atoms. The number of anilines is 2. The second kappa shape index (κ2) is 7.61. The smallest absolute Gasteiger partial charge is 0.335 e. The van der Waals surface area contributed by atoms with Crippen LogP contribution in [0.4, 0.5) is 11.4 Å². The first-order valence-electron chi connectivity index (χ1n) is 7.76. The zero-order chi connectivity index (χ0) is 18.6. The Balaban J connectivity index is 2.11. The fraction of sp³-hybridized carbons (Fsp3) is 0.211. The summed E-state index contributed by atoms with van der Waals surface area (Å²) in [6, 6.07) is 11.4. The Morgan fingerprint density at radius 2 is 1.64 bits per heavy atom. The number of carboxylic acids is 1. The van der Waals surface area contributed by atoms with Crippen molar-refractivity contribution in [3.63, 3.8) is 0 Å². The molecule has 0 spiro atoms. The van der Waals surface area contributed by atoms with E-state index < -0.39 is 5.97 Å². The first-order valence-corrected chi connectivity index (χ1v) is 7.76. The van der Waals surface area contributed by atoms with Crippen LogP contribution in [0.1, 0.15) is 28.4 Å². The number of carbonyl (C=O) groups is 3. The number of amides is 2. The zero-order valence-corrected chi connectivity index (χ0v) is 14.4. The molecule has 2 aromatic carbocycles. The Morgan fingerprint density at radius 1 is 1.00 bits per heavy atom. The number of aromatic carboxylic acids is 1. The van der Waals surface area contributed by atoms with Gasteiger partial charge in [0, 0.05) is 18.3 Å². The molecule has 0 aliphatic carbocycles. The SMILES string of the molecule is CC(=O)N(CC(=O)Nc1ccc(C(=O)O)cc1)c1ccc(C)c(C)c1. The molecule has 2 rings (SSSR count). The van der Waals surface area contributed by atoms with Crippen LogP contribution in [0, 0.1) is 13.8 Å². The van der Waals surface area contributed by atoms with Crippen molar-refractivity contribution in [1.29, 1.82) is 0 Å². The second-order valence-corrected chi connectivity index (χ2v) is 5.80. The summed E-state index contributed by atoms with van der Waals surface area (Å²) in [5, 5.41) is 11.5. The number of benzene rings is 2. The first-order chi connectivity index (χ1) is 11.8. The molecule has 0 aliphatic rings. The minimum absolute atomic E-state index is 0.126. The number of nitrogens with one attached hydrogen (secondary N) is 1. The van der Waals surface area contributed by atoms with Crippen molar-refractivity contribution in [2.75, 3.05) is 16.8 Å². The summed E-state index contributed by atoms with van der Waals surface area (Å²) in [6.45, 7) is 5.20. The molecule has 2 amide bonds. The van der Waals surface area contributed by atoms with E-state index >= 15 is 0 Å². The van der Waals surface area contributed by atoms with Crippen LogP contribution in [0.15, 0.2) is 42.5 Å². The number of hydrogen-bond donors (Lipinski definition) is 2. The van der Waals surface area contributed by atoms with Crippen molar-refractivity contribution >= 4 is 29.2 Å². The van der Waals surface area contributed by atoms with Crippen LogP contribution < -0.4 is 10.2 Å². The third kappa shape index (κ3) is 4.67. The average molecular weight is 340 g/mol. The molecule has 0 saturated heterocycles. The largest absolute Gasteiger partial charge is 0.478 e. The van der Waals surface area contributed by atoms with Gasteiger partial charge in [0.25, 0.3) is 0 Å². The highest BCUT2D eigenvalue weighted by Crippen LogP contribution is 2.19. The fourth-order valence-corrected chi connectivity index (χ4v) is 2.32. The Morgan fingerprint density at radius 3 is 2.16 bits per heavy atom. The molecular weight excluding hydrogens is 320 g/mol. The molecular formula is C19H20N2O4. The number of hydrogen-bond acceptors (Lipinski definition) is 3. The number of carbonyl (C=O) groups excluding carboxylic acids is 2. The van der Waals surface area contributed by atoms with Gasteiger partial charge >= 0.3 is 5.97 Å². The molecule has 0 fully saturated rings. The minimum atomic E-state index is -1.03. The van der Waals surface area contributed by atoms with Gasteiger partial charge in [-0.05, 0) is 61.4 Å². The van der Waals surface area contributed by atoms with Crippen LogP contribution in [0.3, 0.4) is 0 Å². The summed E-state index contributed by atoms with van der Waals surface area (Å²) >= 11 is 0. The zero-order valence-electron chi connectivity index (χ0n) is 14.4. The lowest BCUT2D eigenvalue weighted by Crippen LogP contribution is -2.36. The maximum absolute atomic E-state index is 12.2. The molecule has 0 unspecified atom stereocenters. The van der Waals surface area contributed by atoms with Crippen molar-refractivity contribution in [3.8, 4) is 0 Å². The topological polar surface area (TPSA) is 86.7 Å². The fourth-order valence-electron chi connectivity index (χ4n) is 2.32. The van der Waals surface area contributed by atoms with E-state index in [-0.39, 0.29) is 23.9 Å². The van der Waals surface area contributed by atoms with Crippen molar-refractivity contribution in [3.05, 3.63) is 59.2 Å². The summed E-state index contributed by atoms with van der Waals surface area (Å²) in [5.41, 5.74) is 3.41. The highest BCUT2D eigenvalue weighted by atomic mass is 16.4. The van der Waals surface area contributed by atoms with Crippen molar-refractivity contribution in [2.24, 2.45) is 0 Å². The lowest BCUT2D eigenvalue weighted by Gasteiger charge is -2.21. The molecule has 0 heterocycles. The number of nitrogens with zero attached hydrogens (tertiary/aromatic N) is 1. The monoisotopic (exact) mass is 340 g/mol. The molecule has 6 nitrogen and oxygen atoms in total. The summed E-state index contributed by atoms with van der Waals surface area (Å²) in [6.07, 6.45) is 0. The van der Waals surface area contributed by atoms with E-state index in [1.165, 1.54) is 36.1 Å². The van der Waals surface area contributed by atoms with Gasteiger partial charge in [0.2, 0.25) is 11.8 Å². The molecule has 0 bridgehead atoms. The van der Waals surface area contributed by atoms with Gasteiger partial charge in [-0.3, -0.25) is 9.59 Å². The Hall–Kier alpha value is -3.15. The molecule has 0 aliphatic heterocycles. The second-order valence-electron chi connectivity index (χ2n) is 5.80. The minimum Gasteiger partial charge on any atom is -0.478 e. The summed E-state index contributed by atoms with van der Waals surface area (Å²) in [7, 11) is 0. The van der Waals surface area contributed by atoms with Gasteiger partial charge in [0.1, 0.15) is 6.54 Å². The van der Waals surface area contributed by atoms with Crippen LogP contribution in [0.5, 0.6) is 0 Å². The Labute approximate surface area is 146 Å². The molecule has 0 radical (unpaired) electrons. The predicted octanol–water partition coefficient (Wildman–Crippen LogP) is 2.99. The number of carboxylic acid groups (broad SMARTS) is 1. The highest BCUT2D eigenvalue weighted by Gasteiger charge is 2.16. The van der Waals surface area contributed by atoms with E-state index in [1.807, 2.05) is 26.0 Å². The van der Waals surface area contributed by atoms with Gasteiger partial charge in [0.05, 0.1) is 5.56 Å². The van der Waals surface area contributed by atoms with Crippen LogP contribution in [-0.2, 0) is 9.59 Å². The third-order valence-electron chi connectivity index (χ3n) is 3.90. The Kier molecular flexibility index (Phi) is 5.54. The molecule has 2 N–H and O–H groups in total. The summed E-state index contributed by atoms with van der Waals surface area (Å²) in [5.74, 6) is -1.63. The van der Waals surface area contributed by atoms with Gasteiger partial charge in [-0.25, -0.2) is 4.79 Å². The van der Waals surface area contributed by atoms with Gasteiger partial charge in [-0.1, -0.05) is 6.07 Å². The van der Waals surface area contributed by atoms with Crippen LogP contribution in [0.2, 0.25) is 0 Å². The number of rotatable bonds is 5. The summed E-state index contributed by atoms with van der Waals surface area (Å²) in [4.78, 5) is 36.4. The number of aryl methyl sites for hydroxylation is 2. The molecule has 0 saturated carbocycles. The quantitative estimate of drug-likeness (QED) is 0.876. The molecule has 0 aromatic heterocycles. The van der Waals surface area contributed by atoms with E-state index in [0.29, 0.717) is 11.4 Å². The average Bonchev–Trinajstić information content (AvgIpc) is 2.55. The van der Waals surface area contributed by atoms with Gasteiger partial charge in [-0.2, -0.15) is 0 Å². The highest BCUT2D eigenvalue weighted by molar-refractivity contribution is 6.02. The van der Waals surface area contributed by atoms with Crippen LogP contribution in [0.25, 0.3) is 0 Å². The van der Waals surface area contributed by atoms with Crippen molar-refractivity contribution in [2.45, 2.75) is 20.8 Å². The van der Waals surface area contributed by atoms with E-state index in [2.05, 4.69) is 5.32 Å². The van der Waals surface area contributed by atoms with E-state index in [1.54, 1.807) is 6.07 Å². The molecule has 0 atom stereocenters. The predicted molar refractivity (Wildman–Crippen MR) is 96.0 cm³/mol. The van der Waals surface area contributed by atoms with E-state index in [9.17, 15) is 14.4 Å². The third-order valence-corrected chi connectivity index (χ3v) is 3.90. The van der Waals surface area contributed by atoms with Gasteiger partial charge in [0.15, 0.2) is 0 Å². The normalized spacial score (nSPS) is 10.2. The summed E-state index contributed by atoms with van der Waals surface area (Å²) < 4.78 is 0. The molecule has 2 aromatic rings.